The number of nitro benzene ring substituents is 1. The Morgan fingerprint density at radius 2 is 1.96 bits per heavy atom. The van der Waals surface area contributed by atoms with Crippen LogP contribution in [0.25, 0.3) is 0 Å². The summed E-state index contributed by atoms with van der Waals surface area (Å²) in [4.78, 5) is 22.1. The van der Waals surface area contributed by atoms with Crippen LogP contribution < -0.4 is 14.8 Å². The first-order valence-electron chi connectivity index (χ1n) is 7.42. The summed E-state index contributed by atoms with van der Waals surface area (Å²) in [6.45, 7) is 1.97. The highest BCUT2D eigenvalue weighted by atomic mass is 35.5. The summed E-state index contributed by atoms with van der Waals surface area (Å²) >= 11 is 6.03. The van der Waals surface area contributed by atoms with Gasteiger partial charge in [0.25, 0.3) is 5.69 Å². The van der Waals surface area contributed by atoms with Crippen molar-refractivity contribution in [2.45, 2.75) is 13.3 Å². The largest absolute Gasteiger partial charge is 0.495 e. The fourth-order valence-electron chi connectivity index (χ4n) is 2.07. The number of nitro groups is 1. The quantitative estimate of drug-likeness (QED) is 0.593. The summed E-state index contributed by atoms with van der Waals surface area (Å²) in [6, 6.07) is 9.03. The van der Waals surface area contributed by atoms with E-state index in [1.54, 1.807) is 12.1 Å². The SMILES string of the molecule is COc1cc(Cl)c(C)cc1NC(=O)CCOc1ccc([N+](=O)[O-])cc1. The minimum atomic E-state index is -0.487. The van der Waals surface area contributed by atoms with Gasteiger partial charge in [0.05, 0.1) is 30.7 Å². The van der Waals surface area contributed by atoms with Crippen LogP contribution in [0.15, 0.2) is 36.4 Å². The molecule has 2 rings (SSSR count). The number of amides is 1. The molecule has 0 aliphatic rings. The highest BCUT2D eigenvalue weighted by Gasteiger charge is 2.11. The number of carbonyl (C=O) groups is 1. The predicted molar refractivity (Wildman–Crippen MR) is 94.6 cm³/mol. The Labute approximate surface area is 149 Å². The normalized spacial score (nSPS) is 10.2. The fourth-order valence-corrected chi connectivity index (χ4v) is 2.22. The van der Waals surface area contributed by atoms with Crippen LogP contribution in [0.2, 0.25) is 5.02 Å². The number of carbonyl (C=O) groups excluding carboxylic acids is 1. The summed E-state index contributed by atoms with van der Waals surface area (Å²) in [6.07, 6.45) is 0.113. The molecule has 7 nitrogen and oxygen atoms in total. The lowest BCUT2D eigenvalue weighted by atomic mass is 10.2. The van der Waals surface area contributed by atoms with Gasteiger partial charge < -0.3 is 14.8 Å². The van der Waals surface area contributed by atoms with Crippen LogP contribution in [-0.4, -0.2) is 24.5 Å². The molecule has 0 atom stereocenters. The summed E-state index contributed by atoms with van der Waals surface area (Å²) in [5, 5.41) is 13.9. The second kappa shape index (κ2) is 8.34. The third-order valence-corrected chi connectivity index (χ3v) is 3.81. The van der Waals surface area contributed by atoms with Crippen molar-refractivity contribution >= 4 is 28.9 Å². The minimum absolute atomic E-state index is 0.0182. The van der Waals surface area contributed by atoms with Crippen molar-refractivity contribution in [2.24, 2.45) is 0 Å². The average molecular weight is 365 g/mol. The van der Waals surface area contributed by atoms with Gasteiger partial charge in [0, 0.05) is 23.2 Å². The van der Waals surface area contributed by atoms with Crippen LogP contribution in [0.3, 0.4) is 0 Å². The first kappa shape index (κ1) is 18.5. The van der Waals surface area contributed by atoms with Gasteiger partial charge in [-0.1, -0.05) is 11.6 Å². The van der Waals surface area contributed by atoms with Gasteiger partial charge in [-0.3, -0.25) is 14.9 Å². The lowest BCUT2D eigenvalue weighted by molar-refractivity contribution is -0.384. The number of hydrogen-bond acceptors (Lipinski definition) is 5. The van der Waals surface area contributed by atoms with E-state index in [4.69, 9.17) is 21.1 Å². The van der Waals surface area contributed by atoms with Gasteiger partial charge in [0.2, 0.25) is 5.91 Å². The third kappa shape index (κ3) is 5.09. The summed E-state index contributed by atoms with van der Waals surface area (Å²) in [5.74, 6) is 0.681. The van der Waals surface area contributed by atoms with Crippen molar-refractivity contribution in [2.75, 3.05) is 19.0 Å². The molecule has 0 saturated carbocycles. The van der Waals surface area contributed by atoms with Crippen molar-refractivity contribution in [1.29, 1.82) is 0 Å². The molecule has 1 amide bonds. The number of ether oxygens (including phenoxy) is 2. The zero-order valence-corrected chi connectivity index (χ0v) is 14.5. The van der Waals surface area contributed by atoms with E-state index in [0.717, 1.165) is 5.56 Å². The summed E-state index contributed by atoms with van der Waals surface area (Å²) in [5.41, 5.74) is 1.33. The van der Waals surface area contributed by atoms with Crippen LogP contribution in [0.1, 0.15) is 12.0 Å². The van der Waals surface area contributed by atoms with Gasteiger partial charge in [0.15, 0.2) is 0 Å². The van der Waals surface area contributed by atoms with Crippen molar-refractivity contribution in [3.63, 3.8) is 0 Å². The maximum absolute atomic E-state index is 12.0. The van der Waals surface area contributed by atoms with E-state index in [-0.39, 0.29) is 24.6 Å². The van der Waals surface area contributed by atoms with E-state index in [0.29, 0.717) is 22.2 Å². The van der Waals surface area contributed by atoms with Crippen LogP contribution in [0.5, 0.6) is 11.5 Å². The first-order chi connectivity index (χ1) is 11.9. The zero-order valence-electron chi connectivity index (χ0n) is 13.7. The molecule has 0 saturated heterocycles. The molecule has 0 aromatic heterocycles. The van der Waals surface area contributed by atoms with Gasteiger partial charge in [-0.15, -0.1) is 0 Å². The lowest BCUT2D eigenvalue weighted by Crippen LogP contribution is -2.16. The Bertz CT molecular complexity index is 777. The van der Waals surface area contributed by atoms with E-state index < -0.39 is 4.92 Å². The molecule has 0 bridgehead atoms. The number of methoxy groups -OCH3 is 1. The molecule has 0 unspecified atom stereocenters. The number of nitrogens with zero attached hydrogens (tertiary/aromatic N) is 1. The monoisotopic (exact) mass is 364 g/mol. The van der Waals surface area contributed by atoms with E-state index in [1.165, 1.54) is 31.4 Å². The second-order valence-electron chi connectivity index (χ2n) is 5.20. The van der Waals surface area contributed by atoms with Crippen molar-refractivity contribution in [3.05, 3.63) is 57.1 Å². The summed E-state index contributed by atoms with van der Waals surface area (Å²) < 4.78 is 10.6. The molecule has 2 aromatic carbocycles. The first-order valence-corrected chi connectivity index (χ1v) is 7.79. The molecule has 0 aliphatic carbocycles. The Morgan fingerprint density at radius 1 is 1.28 bits per heavy atom. The number of aryl methyl sites for hydroxylation is 1. The molecule has 25 heavy (non-hydrogen) atoms. The van der Waals surface area contributed by atoms with E-state index in [1.807, 2.05) is 6.92 Å². The topological polar surface area (TPSA) is 90.7 Å². The Kier molecular flexibility index (Phi) is 6.19. The number of non-ortho nitro benzene ring substituents is 1. The van der Waals surface area contributed by atoms with Gasteiger partial charge in [-0.25, -0.2) is 0 Å². The number of anilines is 1. The van der Waals surface area contributed by atoms with Gasteiger partial charge in [-0.05, 0) is 30.7 Å². The highest BCUT2D eigenvalue weighted by Crippen LogP contribution is 2.31. The Balaban J connectivity index is 1.89. The lowest BCUT2D eigenvalue weighted by Gasteiger charge is -2.12. The maximum atomic E-state index is 12.0. The maximum Gasteiger partial charge on any atom is 0.269 e. The van der Waals surface area contributed by atoms with E-state index in [9.17, 15) is 14.9 Å². The highest BCUT2D eigenvalue weighted by molar-refractivity contribution is 6.31. The van der Waals surface area contributed by atoms with E-state index in [2.05, 4.69) is 5.32 Å². The van der Waals surface area contributed by atoms with Crippen molar-refractivity contribution in [3.8, 4) is 11.5 Å². The number of rotatable bonds is 7. The van der Waals surface area contributed by atoms with Crippen molar-refractivity contribution in [1.82, 2.24) is 0 Å². The molecule has 0 heterocycles. The number of benzene rings is 2. The molecule has 1 N–H and O–H groups in total. The average Bonchev–Trinajstić information content (AvgIpc) is 2.58. The molecule has 0 aliphatic heterocycles. The molecule has 132 valence electrons. The molecule has 0 radical (unpaired) electrons. The molecule has 0 fully saturated rings. The van der Waals surface area contributed by atoms with Gasteiger partial charge in [-0.2, -0.15) is 0 Å². The van der Waals surface area contributed by atoms with E-state index >= 15 is 0 Å². The van der Waals surface area contributed by atoms with Crippen LogP contribution in [0, 0.1) is 17.0 Å². The molecule has 0 spiro atoms. The van der Waals surface area contributed by atoms with Gasteiger partial charge in [0.1, 0.15) is 11.5 Å². The standard InChI is InChI=1S/C17H17ClN2O5/c1-11-9-15(16(24-2)10-14(11)18)19-17(21)7-8-25-13-5-3-12(4-6-13)20(22)23/h3-6,9-10H,7-8H2,1-2H3,(H,19,21). The summed E-state index contributed by atoms with van der Waals surface area (Å²) in [7, 11) is 1.49. The minimum Gasteiger partial charge on any atom is -0.495 e. The molecule has 2 aromatic rings. The van der Waals surface area contributed by atoms with Crippen LogP contribution in [-0.2, 0) is 4.79 Å². The predicted octanol–water partition coefficient (Wildman–Crippen LogP) is 3.97. The fraction of sp³-hybridized carbons (Fsp3) is 0.235. The second-order valence-corrected chi connectivity index (χ2v) is 5.61. The van der Waals surface area contributed by atoms with Crippen LogP contribution >= 0.6 is 11.6 Å². The third-order valence-electron chi connectivity index (χ3n) is 3.40. The molecular weight excluding hydrogens is 348 g/mol. The number of hydrogen-bond donors (Lipinski definition) is 1. The number of nitrogens with one attached hydrogen (secondary N) is 1. The van der Waals surface area contributed by atoms with Crippen molar-refractivity contribution < 1.29 is 19.2 Å². The molecular formula is C17H17ClN2O5. The molecule has 8 heteroatoms. The Morgan fingerprint density at radius 3 is 2.56 bits per heavy atom. The van der Waals surface area contributed by atoms with Crippen LogP contribution in [0.4, 0.5) is 11.4 Å². The zero-order chi connectivity index (χ0) is 18.4. The number of halogens is 1. The smallest absolute Gasteiger partial charge is 0.269 e. The van der Waals surface area contributed by atoms with Gasteiger partial charge >= 0.3 is 0 Å². The Hall–Kier alpha value is -2.80.